The summed E-state index contributed by atoms with van der Waals surface area (Å²) in [4.78, 5) is 0. The molecule has 2 unspecified atom stereocenters. The number of furan rings is 1. The Kier molecular flexibility index (Phi) is 3.30. The fourth-order valence-electron chi connectivity index (χ4n) is 2.74. The molecule has 2 N–H and O–H groups in total. The zero-order valence-electron chi connectivity index (χ0n) is 11.1. The van der Waals surface area contributed by atoms with Crippen LogP contribution in [0, 0.1) is 6.92 Å². The first kappa shape index (κ1) is 12.3. The second-order valence-corrected chi connectivity index (χ2v) is 5.16. The molecule has 0 aliphatic carbocycles. The molecule has 0 saturated heterocycles. The summed E-state index contributed by atoms with van der Waals surface area (Å²) in [6.45, 7) is 2.71. The molecule has 1 aromatic carbocycles. The monoisotopic (exact) mass is 257 g/mol. The summed E-state index contributed by atoms with van der Waals surface area (Å²) in [7, 11) is 0. The van der Waals surface area contributed by atoms with Crippen molar-refractivity contribution in [1.82, 2.24) is 0 Å². The lowest BCUT2D eigenvalue weighted by Crippen LogP contribution is -2.19. The molecule has 19 heavy (non-hydrogen) atoms. The van der Waals surface area contributed by atoms with Gasteiger partial charge in [0, 0.05) is 0 Å². The molecule has 1 aromatic heterocycles. The Morgan fingerprint density at radius 1 is 1.26 bits per heavy atom. The number of hydrogen-bond acceptors (Lipinski definition) is 3. The highest BCUT2D eigenvalue weighted by molar-refractivity contribution is 5.38. The average Bonchev–Trinajstić information content (AvgIpc) is 2.86. The Hall–Kier alpha value is -1.74. The van der Waals surface area contributed by atoms with Crippen molar-refractivity contribution in [2.75, 3.05) is 6.61 Å². The van der Waals surface area contributed by atoms with Gasteiger partial charge in [-0.1, -0.05) is 18.2 Å². The number of nitrogens with two attached hydrogens (primary N) is 1. The lowest BCUT2D eigenvalue weighted by Gasteiger charge is -2.27. The Morgan fingerprint density at radius 2 is 2.11 bits per heavy atom. The highest BCUT2D eigenvalue weighted by atomic mass is 16.5. The molecule has 2 atom stereocenters. The maximum atomic E-state index is 6.26. The Labute approximate surface area is 113 Å². The first-order valence-electron chi connectivity index (χ1n) is 6.77. The molecule has 0 bridgehead atoms. The number of fused-ring (bicyclic) bond motifs is 1. The van der Waals surface area contributed by atoms with Gasteiger partial charge < -0.3 is 14.9 Å². The van der Waals surface area contributed by atoms with Crippen LogP contribution in [0.15, 0.2) is 40.8 Å². The van der Waals surface area contributed by atoms with Crippen LogP contribution < -0.4 is 10.5 Å². The van der Waals surface area contributed by atoms with Gasteiger partial charge in [0.1, 0.15) is 17.3 Å². The van der Waals surface area contributed by atoms with E-state index >= 15 is 0 Å². The number of para-hydroxylation sites is 1. The Bertz CT molecular complexity index is 561. The van der Waals surface area contributed by atoms with E-state index in [1.54, 1.807) is 0 Å². The number of hydrogen-bond donors (Lipinski definition) is 1. The Morgan fingerprint density at radius 3 is 2.89 bits per heavy atom. The molecule has 2 heterocycles. The summed E-state index contributed by atoms with van der Waals surface area (Å²) in [5.41, 5.74) is 7.53. The molecule has 0 amide bonds. The third-order valence-electron chi connectivity index (χ3n) is 3.75. The molecule has 3 nitrogen and oxygen atoms in total. The fourth-order valence-corrected chi connectivity index (χ4v) is 2.74. The summed E-state index contributed by atoms with van der Waals surface area (Å²) >= 11 is 0. The van der Waals surface area contributed by atoms with Crippen molar-refractivity contribution in [3.05, 3.63) is 53.5 Å². The quantitative estimate of drug-likeness (QED) is 0.914. The van der Waals surface area contributed by atoms with Gasteiger partial charge in [0.15, 0.2) is 0 Å². The summed E-state index contributed by atoms with van der Waals surface area (Å²) in [5.74, 6) is 3.24. The van der Waals surface area contributed by atoms with Gasteiger partial charge in [0.05, 0.1) is 12.6 Å². The van der Waals surface area contributed by atoms with Gasteiger partial charge in [0.25, 0.3) is 0 Å². The molecule has 0 fully saturated rings. The molecule has 0 spiro atoms. The topological polar surface area (TPSA) is 48.4 Å². The predicted molar refractivity (Wildman–Crippen MR) is 74.3 cm³/mol. The van der Waals surface area contributed by atoms with Gasteiger partial charge in [-0.15, -0.1) is 0 Å². The van der Waals surface area contributed by atoms with Gasteiger partial charge in [0.2, 0.25) is 0 Å². The SMILES string of the molecule is Cc1ccc(C(N)CC2CCOc3ccccc32)o1. The van der Waals surface area contributed by atoms with Crippen molar-refractivity contribution >= 4 is 0 Å². The minimum absolute atomic E-state index is 0.0511. The van der Waals surface area contributed by atoms with Crippen LogP contribution in [0.4, 0.5) is 0 Å². The Balaban J connectivity index is 1.77. The van der Waals surface area contributed by atoms with E-state index in [9.17, 15) is 0 Å². The van der Waals surface area contributed by atoms with Gasteiger partial charge in [-0.3, -0.25) is 0 Å². The summed E-state index contributed by atoms with van der Waals surface area (Å²) in [6, 6.07) is 12.1. The third kappa shape index (κ3) is 2.51. The first-order valence-corrected chi connectivity index (χ1v) is 6.77. The van der Waals surface area contributed by atoms with Crippen LogP contribution in [-0.4, -0.2) is 6.61 Å². The van der Waals surface area contributed by atoms with Crippen molar-refractivity contribution in [2.45, 2.75) is 31.7 Å². The molecule has 1 aliphatic heterocycles. The minimum Gasteiger partial charge on any atom is -0.493 e. The van der Waals surface area contributed by atoms with Crippen LogP contribution >= 0.6 is 0 Å². The zero-order valence-corrected chi connectivity index (χ0v) is 11.1. The number of ether oxygens (including phenoxy) is 1. The lowest BCUT2D eigenvalue weighted by molar-refractivity contribution is 0.256. The zero-order chi connectivity index (χ0) is 13.2. The smallest absolute Gasteiger partial charge is 0.122 e. The van der Waals surface area contributed by atoms with Crippen molar-refractivity contribution in [2.24, 2.45) is 5.73 Å². The van der Waals surface area contributed by atoms with Crippen LogP contribution in [0.25, 0.3) is 0 Å². The van der Waals surface area contributed by atoms with E-state index in [-0.39, 0.29) is 6.04 Å². The molecule has 3 rings (SSSR count). The molecule has 0 radical (unpaired) electrons. The second-order valence-electron chi connectivity index (χ2n) is 5.16. The van der Waals surface area contributed by atoms with Crippen molar-refractivity contribution in [1.29, 1.82) is 0 Å². The van der Waals surface area contributed by atoms with E-state index in [0.29, 0.717) is 5.92 Å². The third-order valence-corrected chi connectivity index (χ3v) is 3.75. The molecule has 0 saturated carbocycles. The van der Waals surface area contributed by atoms with Crippen molar-refractivity contribution < 1.29 is 9.15 Å². The molecule has 100 valence electrons. The van der Waals surface area contributed by atoms with E-state index < -0.39 is 0 Å². The van der Waals surface area contributed by atoms with Crippen LogP contribution in [-0.2, 0) is 0 Å². The highest BCUT2D eigenvalue weighted by Gasteiger charge is 2.24. The van der Waals surface area contributed by atoms with Gasteiger partial charge in [-0.05, 0) is 49.4 Å². The van der Waals surface area contributed by atoms with E-state index in [1.807, 2.05) is 31.2 Å². The van der Waals surface area contributed by atoms with Gasteiger partial charge >= 0.3 is 0 Å². The maximum absolute atomic E-state index is 6.26. The predicted octanol–water partition coefficient (Wildman–Crippen LogP) is 3.54. The number of rotatable bonds is 3. The maximum Gasteiger partial charge on any atom is 0.122 e. The van der Waals surface area contributed by atoms with Gasteiger partial charge in [-0.2, -0.15) is 0 Å². The van der Waals surface area contributed by atoms with E-state index in [1.165, 1.54) is 5.56 Å². The summed E-state index contributed by atoms with van der Waals surface area (Å²) < 4.78 is 11.3. The number of benzene rings is 1. The van der Waals surface area contributed by atoms with E-state index in [0.717, 1.165) is 36.7 Å². The summed E-state index contributed by atoms with van der Waals surface area (Å²) in [5, 5.41) is 0. The van der Waals surface area contributed by atoms with Crippen LogP contribution in [0.2, 0.25) is 0 Å². The second kappa shape index (κ2) is 5.10. The van der Waals surface area contributed by atoms with Crippen molar-refractivity contribution in [3.8, 4) is 5.75 Å². The molecule has 3 heteroatoms. The molecular weight excluding hydrogens is 238 g/mol. The van der Waals surface area contributed by atoms with E-state index in [4.69, 9.17) is 14.9 Å². The van der Waals surface area contributed by atoms with Crippen LogP contribution in [0.5, 0.6) is 5.75 Å². The molecule has 1 aliphatic rings. The molecule has 2 aromatic rings. The number of aryl methyl sites for hydroxylation is 1. The normalized spacial score (nSPS) is 19.6. The molecular formula is C16H19NO2. The van der Waals surface area contributed by atoms with Crippen LogP contribution in [0.3, 0.4) is 0 Å². The van der Waals surface area contributed by atoms with E-state index in [2.05, 4.69) is 12.1 Å². The lowest BCUT2D eigenvalue weighted by atomic mass is 9.87. The van der Waals surface area contributed by atoms with Gasteiger partial charge in [-0.25, -0.2) is 0 Å². The standard InChI is InChI=1S/C16H19NO2/c1-11-6-7-16(19-11)14(17)10-12-8-9-18-15-5-3-2-4-13(12)15/h2-7,12,14H,8-10,17H2,1H3. The summed E-state index contributed by atoms with van der Waals surface area (Å²) in [6.07, 6.45) is 1.91. The average molecular weight is 257 g/mol. The van der Waals surface area contributed by atoms with Crippen LogP contribution in [0.1, 0.15) is 41.9 Å². The largest absolute Gasteiger partial charge is 0.493 e. The minimum atomic E-state index is -0.0511. The van der Waals surface area contributed by atoms with Crippen molar-refractivity contribution in [3.63, 3.8) is 0 Å². The first-order chi connectivity index (χ1) is 9.24. The fraction of sp³-hybridized carbons (Fsp3) is 0.375. The highest BCUT2D eigenvalue weighted by Crippen LogP contribution is 2.38.